The number of fused-ring (bicyclic) bond motifs is 1. The average molecular weight is 593 g/mol. The Bertz CT molecular complexity index is 1580. The van der Waals surface area contributed by atoms with Crippen LogP contribution in [0.3, 0.4) is 0 Å². The van der Waals surface area contributed by atoms with E-state index >= 15 is 0 Å². The number of nitrogens with zero attached hydrogens (tertiary/aromatic N) is 3. The Morgan fingerprint density at radius 1 is 1.15 bits per heavy atom. The summed E-state index contributed by atoms with van der Waals surface area (Å²) >= 11 is 3.44. The van der Waals surface area contributed by atoms with E-state index in [9.17, 15) is 9.18 Å². The normalized spacial score (nSPS) is 12.1. The van der Waals surface area contributed by atoms with Gasteiger partial charge in [0.1, 0.15) is 18.2 Å². The van der Waals surface area contributed by atoms with E-state index < -0.39 is 0 Å². The van der Waals surface area contributed by atoms with Crippen LogP contribution in [0.2, 0.25) is 0 Å². The van der Waals surface area contributed by atoms with E-state index in [1.807, 2.05) is 38.1 Å². The molecule has 39 heavy (non-hydrogen) atoms. The lowest BCUT2D eigenvalue weighted by molar-refractivity contribution is 0.267. The van der Waals surface area contributed by atoms with Crippen molar-refractivity contribution in [1.82, 2.24) is 9.66 Å². The first-order valence-corrected chi connectivity index (χ1v) is 13.7. The average Bonchev–Trinajstić information content (AvgIpc) is 2.92. The van der Waals surface area contributed by atoms with E-state index in [1.165, 1.54) is 16.8 Å². The molecule has 1 aromatic heterocycles. The molecule has 4 aromatic rings. The SMILES string of the molecule is C=CCc1cc(C=Nn2c([C@H](C)CC)nc3ccc(Br)cc3c2=O)cc(OCC)c1OCc1cccc(F)c1. The molecular weight excluding hydrogens is 561 g/mol. The monoisotopic (exact) mass is 591 g/mol. The van der Waals surface area contributed by atoms with Gasteiger partial charge in [-0.15, -0.1) is 6.58 Å². The summed E-state index contributed by atoms with van der Waals surface area (Å²) in [6, 6.07) is 15.5. The van der Waals surface area contributed by atoms with E-state index in [4.69, 9.17) is 14.5 Å². The van der Waals surface area contributed by atoms with E-state index in [0.717, 1.165) is 22.0 Å². The Kier molecular flexibility index (Phi) is 9.30. The van der Waals surface area contributed by atoms with E-state index in [-0.39, 0.29) is 23.9 Å². The van der Waals surface area contributed by atoms with Crippen LogP contribution in [0, 0.1) is 5.82 Å². The number of ether oxygens (including phenoxy) is 2. The molecule has 0 amide bonds. The van der Waals surface area contributed by atoms with Gasteiger partial charge >= 0.3 is 0 Å². The summed E-state index contributed by atoms with van der Waals surface area (Å²) in [7, 11) is 0. The summed E-state index contributed by atoms with van der Waals surface area (Å²) in [6.07, 6.45) is 4.73. The van der Waals surface area contributed by atoms with Gasteiger partial charge in [-0.3, -0.25) is 4.79 Å². The van der Waals surface area contributed by atoms with Crippen LogP contribution in [-0.2, 0) is 13.0 Å². The largest absolute Gasteiger partial charge is 0.490 e. The second kappa shape index (κ2) is 12.8. The smallest absolute Gasteiger partial charge is 0.282 e. The van der Waals surface area contributed by atoms with Gasteiger partial charge in [-0.1, -0.05) is 48.0 Å². The van der Waals surface area contributed by atoms with E-state index in [0.29, 0.717) is 46.8 Å². The number of benzene rings is 3. The third-order valence-electron chi connectivity index (χ3n) is 6.30. The molecule has 0 bridgehead atoms. The van der Waals surface area contributed by atoms with Gasteiger partial charge < -0.3 is 9.47 Å². The molecule has 0 saturated carbocycles. The molecule has 6 nitrogen and oxygen atoms in total. The van der Waals surface area contributed by atoms with Gasteiger partial charge in [-0.2, -0.15) is 9.78 Å². The maximum absolute atomic E-state index is 13.7. The molecule has 0 saturated heterocycles. The highest BCUT2D eigenvalue weighted by atomic mass is 79.9. The van der Waals surface area contributed by atoms with Gasteiger partial charge in [-0.05, 0) is 73.4 Å². The Balaban J connectivity index is 1.77. The Labute approximate surface area is 235 Å². The third-order valence-corrected chi connectivity index (χ3v) is 6.79. The number of halogens is 2. The van der Waals surface area contributed by atoms with Gasteiger partial charge in [0, 0.05) is 16.0 Å². The topological polar surface area (TPSA) is 65.7 Å². The van der Waals surface area contributed by atoms with Crippen molar-refractivity contribution in [2.24, 2.45) is 5.10 Å². The first-order valence-electron chi connectivity index (χ1n) is 12.9. The van der Waals surface area contributed by atoms with E-state index in [2.05, 4.69) is 34.5 Å². The predicted octanol–water partition coefficient (Wildman–Crippen LogP) is 7.40. The maximum Gasteiger partial charge on any atom is 0.282 e. The number of aromatic nitrogens is 2. The van der Waals surface area contributed by atoms with Crippen molar-refractivity contribution in [2.45, 2.75) is 46.1 Å². The van der Waals surface area contributed by atoms with Crippen LogP contribution in [0.1, 0.15) is 55.6 Å². The summed E-state index contributed by atoms with van der Waals surface area (Å²) in [5.41, 5.74) is 2.67. The second-order valence-corrected chi connectivity index (χ2v) is 10.1. The molecule has 1 atom stereocenters. The Morgan fingerprint density at radius 3 is 2.69 bits per heavy atom. The van der Waals surface area contributed by atoms with Gasteiger partial charge in [0.25, 0.3) is 5.56 Å². The molecule has 0 aliphatic heterocycles. The molecule has 0 aliphatic rings. The minimum absolute atomic E-state index is 0.0248. The highest BCUT2D eigenvalue weighted by molar-refractivity contribution is 9.10. The molecule has 0 N–H and O–H groups in total. The first kappa shape index (κ1) is 28.2. The molecule has 202 valence electrons. The number of allylic oxidation sites excluding steroid dienone is 1. The highest BCUT2D eigenvalue weighted by Crippen LogP contribution is 2.34. The fourth-order valence-electron chi connectivity index (χ4n) is 4.18. The van der Waals surface area contributed by atoms with Gasteiger partial charge in [-0.25, -0.2) is 9.37 Å². The minimum Gasteiger partial charge on any atom is -0.490 e. The molecule has 0 fully saturated rings. The summed E-state index contributed by atoms with van der Waals surface area (Å²) in [5.74, 6) is 1.40. The molecular formula is C31H31BrFN3O3. The van der Waals surface area contributed by atoms with Crippen molar-refractivity contribution in [3.05, 3.63) is 110 Å². The predicted molar refractivity (Wildman–Crippen MR) is 158 cm³/mol. The molecule has 4 rings (SSSR count). The Hall–Kier alpha value is -3.78. The summed E-state index contributed by atoms with van der Waals surface area (Å²) in [6.45, 7) is 10.4. The molecule has 0 spiro atoms. The van der Waals surface area contributed by atoms with Crippen molar-refractivity contribution in [3.63, 3.8) is 0 Å². The lowest BCUT2D eigenvalue weighted by atomic mass is 10.1. The molecule has 0 unspecified atom stereocenters. The Morgan fingerprint density at radius 2 is 1.97 bits per heavy atom. The van der Waals surface area contributed by atoms with Gasteiger partial charge in [0.05, 0.1) is 23.7 Å². The van der Waals surface area contributed by atoms with Crippen LogP contribution in [-0.4, -0.2) is 22.5 Å². The molecule has 8 heteroatoms. The number of hydrogen-bond acceptors (Lipinski definition) is 5. The second-order valence-electron chi connectivity index (χ2n) is 9.15. The number of rotatable bonds is 11. The first-order chi connectivity index (χ1) is 18.8. The molecule has 1 heterocycles. The van der Waals surface area contributed by atoms with Crippen molar-refractivity contribution >= 4 is 33.0 Å². The van der Waals surface area contributed by atoms with Gasteiger partial charge in [0.2, 0.25) is 0 Å². The van der Waals surface area contributed by atoms with Crippen LogP contribution in [0.25, 0.3) is 10.9 Å². The highest BCUT2D eigenvalue weighted by Gasteiger charge is 2.17. The zero-order chi connectivity index (χ0) is 27.9. The van der Waals surface area contributed by atoms with Crippen molar-refractivity contribution in [3.8, 4) is 11.5 Å². The van der Waals surface area contributed by atoms with Crippen LogP contribution in [0.15, 0.2) is 81.6 Å². The maximum atomic E-state index is 13.7. The molecule has 3 aromatic carbocycles. The third kappa shape index (κ3) is 6.63. The van der Waals surface area contributed by atoms with Crippen molar-refractivity contribution in [1.29, 1.82) is 0 Å². The summed E-state index contributed by atoms with van der Waals surface area (Å²) in [5, 5.41) is 5.08. The number of hydrogen-bond donors (Lipinski definition) is 0. The van der Waals surface area contributed by atoms with Gasteiger partial charge in [0.15, 0.2) is 11.5 Å². The van der Waals surface area contributed by atoms with Crippen molar-refractivity contribution in [2.75, 3.05) is 6.61 Å². The zero-order valence-corrected chi connectivity index (χ0v) is 23.9. The fraction of sp³-hybridized carbons (Fsp3) is 0.258. The summed E-state index contributed by atoms with van der Waals surface area (Å²) in [4.78, 5) is 18.3. The van der Waals surface area contributed by atoms with Crippen LogP contribution >= 0.6 is 15.9 Å². The molecule has 0 aliphatic carbocycles. The quantitative estimate of drug-likeness (QED) is 0.135. The van der Waals surface area contributed by atoms with Crippen LogP contribution < -0.4 is 15.0 Å². The summed E-state index contributed by atoms with van der Waals surface area (Å²) < 4.78 is 27.9. The minimum atomic E-state index is -0.318. The fourth-order valence-corrected chi connectivity index (χ4v) is 4.54. The van der Waals surface area contributed by atoms with Crippen molar-refractivity contribution < 1.29 is 13.9 Å². The lowest BCUT2D eigenvalue weighted by Gasteiger charge is -2.17. The van der Waals surface area contributed by atoms with E-state index in [1.54, 1.807) is 30.5 Å². The van der Waals surface area contributed by atoms with Crippen LogP contribution in [0.5, 0.6) is 11.5 Å². The zero-order valence-electron chi connectivity index (χ0n) is 22.3. The van der Waals surface area contributed by atoms with Crippen LogP contribution in [0.4, 0.5) is 4.39 Å². The standard InChI is InChI=1S/C31H31BrFN3O3/c1-5-9-23-14-22(16-28(38-7-3)29(23)39-19-21-10-8-11-25(33)15-21)18-34-36-30(20(4)6-2)35-27-13-12-24(32)17-26(27)31(36)37/h5,8,10-18,20H,1,6-7,9,19H2,2-4H3/t20-/m1/s1. The molecule has 0 radical (unpaired) electrons. The lowest BCUT2D eigenvalue weighted by Crippen LogP contribution is -2.23.